The lowest BCUT2D eigenvalue weighted by Gasteiger charge is -2.06. The molecular weight excluding hydrogens is 124 g/mol. The van der Waals surface area contributed by atoms with Crippen molar-refractivity contribution in [2.45, 2.75) is 19.3 Å². The molecular formula is C6H11F2N. The van der Waals surface area contributed by atoms with E-state index in [1.807, 2.05) is 0 Å². The molecule has 3 heteroatoms. The average Bonchev–Trinajstić information content (AvgIpc) is 2.07. The fourth-order valence-electron chi connectivity index (χ4n) is 1.03. The van der Waals surface area contributed by atoms with Crippen LogP contribution in [0.3, 0.4) is 0 Å². The molecule has 0 aromatic heterocycles. The second kappa shape index (κ2) is 1.66. The molecule has 1 rings (SSSR count). The van der Waals surface area contributed by atoms with Crippen LogP contribution in [0.2, 0.25) is 0 Å². The zero-order valence-corrected chi connectivity index (χ0v) is 5.67. The summed E-state index contributed by atoms with van der Waals surface area (Å²) >= 11 is 0. The summed E-state index contributed by atoms with van der Waals surface area (Å²) in [5, 5.41) is 2.75. The Hall–Kier alpha value is -0.180. The highest BCUT2D eigenvalue weighted by molar-refractivity contribution is 5.07. The molecule has 9 heavy (non-hydrogen) atoms. The predicted octanol–water partition coefficient (Wildman–Crippen LogP) is 1.25. The first kappa shape index (κ1) is 6.93. The molecule has 1 aliphatic rings. The first-order valence-corrected chi connectivity index (χ1v) is 3.04. The van der Waals surface area contributed by atoms with Crippen LogP contribution in [-0.2, 0) is 0 Å². The second-order valence-corrected chi connectivity index (χ2v) is 2.97. The molecule has 0 aromatic carbocycles. The molecule has 0 spiro atoms. The van der Waals surface area contributed by atoms with Crippen LogP contribution >= 0.6 is 0 Å². The highest BCUT2D eigenvalue weighted by atomic mass is 19.3. The summed E-state index contributed by atoms with van der Waals surface area (Å²) in [6.07, 6.45) is 0.0425. The summed E-state index contributed by atoms with van der Waals surface area (Å²) in [6.45, 7) is 2.02. The van der Waals surface area contributed by atoms with Crippen LogP contribution in [0.15, 0.2) is 0 Å². The molecule has 1 N–H and O–H groups in total. The summed E-state index contributed by atoms with van der Waals surface area (Å²) < 4.78 is 24.7. The van der Waals surface area contributed by atoms with Gasteiger partial charge in [-0.05, 0) is 7.05 Å². The van der Waals surface area contributed by atoms with Gasteiger partial charge in [-0.25, -0.2) is 8.78 Å². The van der Waals surface area contributed by atoms with Gasteiger partial charge in [0.15, 0.2) is 0 Å². The van der Waals surface area contributed by atoms with Crippen molar-refractivity contribution in [1.29, 1.82) is 0 Å². The van der Waals surface area contributed by atoms with E-state index in [1.54, 1.807) is 14.0 Å². The first-order chi connectivity index (χ1) is 4.02. The Bertz CT molecular complexity index is 124. The molecule has 1 saturated carbocycles. The number of hydrogen-bond acceptors (Lipinski definition) is 1. The minimum Gasteiger partial charge on any atom is -0.319 e. The number of rotatable bonds is 2. The Balaban J connectivity index is 2.42. The van der Waals surface area contributed by atoms with Crippen LogP contribution < -0.4 is 5.32 Å². The number of halogens is 2. The van der Waals surface area contributed by atoms with E-state index in [-0.39, 0.29) is 6.42 Å². The fraction of sp³-hybridized carbons (Fsp3) is 1.00. The number of nitrogens with one attached hydrogen (secondary N) is 1. The second-order valence-electron chi connectivity index (χ2n) is 2.97. The van der Waals surface area contributed by atoms with Gasteiger partial charge >= 0.3 is 0 Å². The number of alkyl halides is 2. The van der Waals surface area contributed by atoms with Gasteiger partial charge in [0.1, 0.15) is 0 Å². The van der Waals surface area contributed by atoms with Crippen molar-refractivity contribution in [2.24, 2.45) is 5.41 Å². The van der Waals surface area contributed by atoms with Crippen molar-refractivity contribution in [3.8, 4) is 0 Å². The third-order valence-corrected chi connectivity index (χ3v) is 1.94. The lowest BCUT2D eigenvalue weighted by Crippen LogP contribution is -2.22. The molecule has 1 fully saturated rings. The van der Waals surface area contributed by atoms with Crippen molar-refractivity contribution in [1.82, 2.24) is 5.32 Å². The van der Waals surface area contributed by atoms with Gasteiger partial charge in [-0.15, -0.1) is 0 Å². The molecule has 0 amide bonds. The standard InChI is InChI=1S/C6H11F2N/c1-5(4-9-2)3-6(5,7)8/h9H,3-4H2,1-2H3/t5-/m1/s1. The first-order valence-electron chi connectivity index (χ1n) is 3.04. The maximum Gasteiger partial charge on any atom is 0.255 e. The van der Waals surface area contributed by atoms with Gasteiger partial charge in [-0.3, -0.25) is 0 Å². The van der Waals surface area contributed by atoms with Crippen LogP contribution in [0.25, 0.3) is 0 Å². The third kappa shape index (κ3) is 0.936. The van der Waals surface area contributed by atoms with Gasteiger partial charge < -0.3 is 5.32 Å². The SMILES string of the molecule is CNC[C@@]1(C)CC1(F)F. The smallest absolute Gasteiger partial charge is 0.255 e. The van der Waals surface area contributed by atoms with Crippen LogP contribution in [0, 0.1) is 5.41 Å². The highest BCUT2D eigenvalue weighted by Crippen LogP contribution is 2.59. The van der Waals surface area contributed by atoms with Crippen LogP contribution in [0.1, 0.15) is 13.3 Å². The van der Waals surface area contributed by atoms with Crippen molar-refractivity contribution in [3.05, 3.63) is 0 Å². The Morgan fingerprint density at radius 2 is 2.00 bits per heavy atom. The molecule has 1 aliphatic carbocycles. The van der Waals surface area contributed by atoms with E-state index in [2.05, 4.69) is 5.32 Å². The molecule has 0 aliphatic heterocycles. The topological polar surface area (TPSA) is 12.0 Å². The van der Waals surface area contributed by atoms with Gasteiger partial charge in [0, 0.05) is 18.4 Å². The molecule has 0 saturated heterocycles. The van der Waals surface area contributed by atoms with E-state index in [0.717, 1.165) is 0 Å². The lowest BCUT2D eigenvalue weighted by molar-refractivity contribution is 0.0705. The van der Waals surface area contributed by atoms with Crippen molar-refractivity contribution >= 4 is 0 Å². The van der Waals surface area contributed by atoms with Gasteiger partial charge in [-0.1, -0.05) is 6.92 Å². The van der Waals surface area contributed by atoms with Crippen LogP contribution in [0.4, 0.5) is 8.78 Å². The highest BCUT2D eigenvalue weighted by Gasteiger charge is 2.67. The van der Waals surface area contributed by atoms with E-state index in [9.17, 15) is 8.78 Å². The summed E-state index contributed by atoms with van der Waals surface area (Å²) in [6, 6.07) is 0. The van der Waals surface area contributed by atoms with Gasteiger partial charge in [-0.2, -0.15) is 0 Å². The van der Waals surface area contributed by atoms with Gasteiger partial charge in [0.2, 0.25) is 0 Å². The molecule has 0 radical (unpaired) electrons. The molecule has 0 bridgehead atoms. The van der Waals surface area contributed by atoms with E-state index in [0.29, 0.717) is 6.54 Å². The summed E-state index contributed by atoms with van der Waals surface area (Å²) in [7, 11) is 1.69. The number of hydrogen-bond donors (Lipinski definition) is 1. The molecule has 54 valence electrons. The molecule has 1 nitrogen and oxygen atoms in total. The van der Waals surface area contributed by atoms with Gasteiger partial charge in [0.25, 0.3) is 5.92 Å². The quantitative estimate of drug-likeness (QED) is 0.601. The van der Waals surface area contributed by atoms with Crippen molar-refractivity contribution in [3.63, 3.8) is 0 Å². The summed E-state index contributed by atoms with van der Waals surface area (Å²) in [4.78, 5) is 0. The molecule has 0 heterocycles. The Kier molecular flexibility index (Phi) is 1.28. The Morgan fingerprint density at radius 1 is 1.56 bits per heavy atom. The van der Waals surface area contributed by atoms with Gasteiger partial charge in [0.05, 0.1) is 0 Å². The normalized spacial score (nSPS) is 38.7. The van der Waals surface area contributed by atoms with E-state index in [4.69, 9.17) is 0 Å². The fourth-order valence-corrected chi connectivity index (χ4v) is 1.03. The van der Waals surface area contributed by atoms with E-state index < -0.39 is 11.3 Å². The minimum absolute atomic E-state index is 0.0425. The van der Waals surface area contributed by atoms with E-state index in [1.165, 1.54) is 0 Å². The monoisotopic (exact) mass is 135 g/mol. The molecule has 0 aromatic rings. The zero-order valence-electron chi connectivity index (χ0n) is 5.67. The van der Waals surface area contributed by atoms with Crippen LogP contribution in [0.5, 0.6) is 0 Å². The van der Waals surface area contributed by atoms with Crippen molar-refractivity contribution in [2.75, 3.05) is 13.6 Å². The average molecular weight is 135 g/mol. The van der Waals surface area contributed by atoms with Crippen molar-refractivity contribution < 1.29 is 8.78 Å². The Labute approximate surface area is 53.4 Å². The Morgan fingerprint density at radius 3 is 2.11 bits per heavy atom. The van der Waals surface area contributed by atoms with E-state index >= 15 is 0 Å². The summed E-state index contributed by atoms with van der Waals surface area (Å²) in [5.41, 5.74) is -0.748. The molecule has 1 atom stereocenters. The maximum absolute atomic E-state index is 12.3. The molecule has 0 unspecified atom stereocenters. The maximum atomic E-state index is 12.3. The minimum atomic E-state index is -2.41. The van der Waals surface area contributed by atoms with Crippen LogP contribution in [-0.4, -0.2) is 19.5 Å². The predicted molar refractivity (Wildman–Crippen MR) is 31.6 cm³/mol. The largest absolute Gasteiger partial charge is 0.319 e. The zero-order chi connectivity index (χ0) is 7.12. The lowest BCUT2D eigenvalue weighted by atomic mass is 10.1. The summed E-state index contributed by atoms with van der Waals surface area (Å²) in [5.74, 6) is -2.41. The third-order valence-electron chi connectivity index (χ3n) is 1.94.